The van der Waals surface area contributed by atoms with E-state index in [0.717, 1.165) is 12.0 Å². The molecule has 2 aliphatic rings. The fourth-order valence-corrected chi connectivity index (χ4v) is 2.34. The number of nitrogens with one attached hydrogen (secondary N) is 1. The summed E-state index contributed by atoms with van der Waals surface area (Å²) in [6, 6.07) is 0.845. The van der Waals surface area contributed by atoms with E-state index in [-0.39, 0.29) is 0 Å². The van der Waals surface area contributed by atoms with Crippen LogP contribution in [0.5, 0.6) is 0 Å². The van der Waals surface area contributed by atoms with E-state index in [0.29, 0.717) is 5.41 Å². The van der Waals surface area contributed by atoms with Crippen molar-refractivity contribution in [2.24, 2.45) is 11.3 Å². The molecule has 0 aromatic rings. The average molecular weight is 224 g/mol. The standard InChI is InChI=1S/C14H28N2/c1-4-16(9-12-5-6-12)11-14(2,3)10-15-13-7-8-13/h12-13,15H,4-11H2,1-3H3. The van der Waals surface area contributed by atoms with E-state index in [4.69, 9.17) is 0 Å². The van der Waals surface area contributed by atoms with Crippen molar-refractivity contribution in [1.29, 1.82) is 0 Å². The third-order valence-electron chi connectivity index (χ3n) is 3.76. The fourth-order valence-electron chi connectivity index (χ4n) is 2.34. The Morgan fingerprint density at radius 1 is 1.19 bits per heavy atom. The highest BCUT2D eigenvalue weighted by Gasteiger charge is 2.29. The largest absolute Gasteiger partial charge is 0.313 e. The molecule has 2 heteroatoms. The van der Waals surface area contributed by atoms with Crippen LogP contribution >= 0.6 is 0 Å². The minimum absolute atomic E-state index is 0.424. The normalized spacial score (nSPS) is 21.8. The van der Waals surface area contributed by atoms with Gasteiger partial charge in [-0.05, 0) is 43.6 Å². The average Bonchev–Trinajstić information content (AvgIpc) is 3.08. The first-order chi connectivity index (χ1) is 7.59. The molecule has 94 valence electrons. The van der Waals surface area contributed by atoms with Gasteiger partial charge >= 0.3 is 0 Å². The summed E-state index contributed by atoms with van der Waals surface area (Å²) in [5.41, 5.74) is 0.424. The molecule has 0 saturated heterocycles. The quantitative estimate of drug-likeness (QED) is 0.681. The van der Waals surface area contributed by atoms with Gasteiger partial charge < -0.3 is 10.2 Å². The molecule has 16 heavy (non-hydrogen) atoms. The van der Waals surface area contributed by atoms with Crippen LogP contribution in [-0.4, -0.2) is 37.1 Å². The van der Waals surface area contributed by atoms with Crippen LogP contribution in [0.1, 0.15) is 46.5 Å². The SMILES string of the molecule is CCN(CC1CC1)CC(C)(C)CNC1CC1. The Morgan fingerprint density at radius 2 is 1.88 bits per heavy atom. The highest BCUT2D eigenvalue weighted by molar-refractivity contribution is 4.86. The summed E-state index contributed by atoms with van der Waals surface area (Å²) >= 11 is 0. The molecule has 2 rings (SSSR count). The molecule has 0 aromatic heterocycles. The highest BCUT2D eigenvalue weighted by Crippen LogP contribution is 2.30. The second kappa shape index (κ2) is 5.05. The molecule has 2 saturated carbocycles. The summed E-state index contributed by atoms with van der Waals surface area (Å²) in [4.78, 5) is 2.65. The molecular formula is C14H28N2. The van der Waals surface area contributed by atoms with Crippen LogP contribution < -0.4 is 5.32 Å². The van der Waals surface area contributed by atoms with Gasteiger partial charge in [-0.3, -0.25) is 0 Å². The van der Waals surface area contributed by atoms with Crippen molar-refractivity contribution in [2.45, 2.75) is 52.5 Å². The Morgan fingerprint density at radius 3 is 2.38 bits per heavy atom. The number of hydrogen-bond donors (Lipinski definition) is 1. The van der Waals surface area contributed by atoms with Crippen molar-refractivity contribution in [3.05, 3.63) is 0 Å². The predicted molar refractivity (Wildman–Crippen MR) is 69.6 cm³/mol. The molecular weight excluding hydrogens is 196 g/mol. The van der Waals surface area contributed by atoms with Crippen LogP contribution in [0.4, 0.5) is 0 Å². The summed E-state index contributed by atoms with van der Waals surface area (Å²) in [6.07, 6.45) is 5.74. The zero-order chi connectivity index (χ0) is 11.6. The van der Waals surface area contributed by atoms with Gasteiger partial charge in [-0.25, -0.2) is 0 Å². The van der Waals surface area contributed by atoms with E-state index in [1.54, 1.807) is 0 Å². The van der Waals surface area contributed by atoms with Crippen molar-refractivity contribution >= 4 is 0 Å². The molecule has 0 unspecified atom stereocenters. The van der Waals surface area contributed by atoms with E-state index >= 15 is 0 Å². The van der Waals surface area contributed by atoms with Crippen LogP contribution in [0.25, 0.3) is 0 Å². The Kier molecular flexibility index (Phi) is 3.91. The van der Waals surface area contributed by atoms with Gasteiger partial charge in [0.05, 0.1) is 0 Å². The molecule has 0 aliphatic heterocycles. The van der Waals surface area contributed by atoms with Crippen molar-refractivity contribution in [1.82, 2.24) is 10.2 Å². The fraction of sp³-hybridized carbons (Fsp3) is 1.00. The highest BCUT2D eigenvalue weighted by atomic mass is 15.1. The summed E-state index contributed by atoms with van der Waals surface area (Å²) in [6.45, 7) is 12.1. The van der Waals surface area contributed by atoms with Crippen molar-refractivity contribution in [3.63, 3.8) is 0 Å². The number of nitrogens with zero attached hydrogens (tertiary/aromatic N) is 1. The van der Waals surface area contributed by atoms with Crippen molar-refractivity contribution in [3.8, 4) is 0 Å². The van der Waals surface area contributed by atoms with Gasteiger partial charge in [-0.2, -0.15) is 0 Å². The van der Waals surface area contributed by atoms with E-state index < -0.39 is 0 Å². The van der Waals surface area contributed by atoms with Gasteiger partial charge in [-0.15, -0.1) is 0 Å². The summed E-state index contributed by atoms with van der Waals surface area (Å²) in [5.74, 6) is 1.02. The lowest BCUT2D eigenvalue weighted by Crippen LogP contribution is -2.41. The maximum absolute atomic E-state index is 3.67. The van der Waals surface area contributed by atoms with Gasteiger partial charge in [0, 0.05) is 25.7 Å². The van der Waals surface area contributed by atoms with E-state index in [1.807, 2.05) is 0 Å². The first kappa shape index (κ1) is 12.4. The molecule has 0 atom stereocenters. The molecule has 0 heterocycles. The van der Waals surface area contributed by atoms with Crippen LogP contribution in [-0.2, 0) is 0 Å². The van der Waals surface area contributed by atoms with Crippen LogP contribution in [0, 0.1) is 11.3 Å². The summed E-state index contributed by atoms with van der Waals surface area (Å²) < 4.78 is 0. The minimum Gasteiger partial charge on any atom is -0.313 e. The third kappa shape index (κ3) is 4.42. The molecule has 1 N–H and O–H groups in total. The summed E-state index contributed by atoms with van der Waals surface area (Å²) in [7, 11) is 0. The van der Waals surface area contributed by atoms with E-state index in [9.17, 15) is 0 Å². The van der Waals surface area contributed by atoms with Crippen molar-refractivity contribution in [2.75, 3.05) is 26.2 Å². The zero-order valence-electron chi connectivity index (χ0n) is 11.3. The predicted octanol–water partition coefficient (Wildman–Crippen LogP) is 2.50. The lowest BCUT2D eigenvalue weighted by molar-refractivity contribution is 0.175. The molecule has 2 nitrogen and oxygen atoms in total. The maximum Gasteiger partial charge on any atom is 0.00684 e. The number of hydrogen-bond acceptors (Lipinski definition) is 2. The third-order valence-corrected chi connectivity index (χ3v) is 3.76. The smallest absolute Gasteiger partial charge is 0.00684 e. The Balaban J connectivity index is 1.69. The Hall–Kier alpha value is -0.0800. The van der Waals surface area contributed by atoms with Crippen LogP contribution in [0.3, 0.4) is 0 Å². The number of rotatable bonds is 8. The molecule has 0 aromatic carbocycles. The van der Waals surface area contributed by atoms with Crippen LogP contribution in [0.15, 0.2) is 0 Å². The monoisotopic (exact) mass is 224 g/mol. The summed E-state index contributed by atoms with van der Waals surface area (Å²) in [5, 5.41) is 3.67. The molecule has 0 radical (unpaired) electrons. The first-order valence-corrected chi connectivity index (χ1v) is 7.05. The Bertz CT molecular complexity index is 217. The van der Waals surface area contributed by atoms with E-state index in [1.165, 1.54) is 51.9 Å². The lowest BCUT2D eigenvalue weighted by atomic mass is 9.92. The van der Waals surface area contributed by atoms with Crippen LogP contribution in [0.2, 0.25) is 0 Å². The van der Waals surface area contributed by atoms with Crippen molar-refractivity contribution < 1.29 is 0 Å². The molecule has 2 aliphatic carbocycles. The topological polar surface area (TPSA) is 15.3 Å². The van der Waals surface area contributed by atoms with Gasteiger partial charge in [-0.1, -0.05) is 20.8 Å². The molecule has 0 bridgehead atoms. The second-order valence-corrected chi connectivity index (χ2v) is 6.59. The maximum atomic E-state index is 3.67. The van der Waals surface area contributed by atoms with Gasteiger partial charge in [0.1, 0.15) is 0 Å². The van der Waals surface area contributed by atoms with E-state index in [2.05, 4.69) is 31.0 Å². The first-order valence-electron chi connectivity index (χ1n) is 7.05. The van der Waals surface area contributed by atoms with Gasteiger partial charge in [0.15, 0.2) is 0 Å². The lowest BCUT2D eigenvalue weighted by Gasteiger charge is -2.32. The van der Waals surface area contributed by atoms with Gasteiger partial charge in [0.2, 0.25) is 0 Å². The zero-order valence-corrected chi connectivity index (χ0v) is 11.3. The Labute approximate surface area is 101 Å². The molecule has 0 amide bonds. The minimum atomic E-state index is 0.424. The molecule has 0 spiro atoms. The van der Waals surface area contributed by atoms with Gasteiger partial charge in [0.25, 0.3) is 0 Å². The molecule has 2 fully saturated rings. The second-order valence-electron chi connectivity index (χ2n) is 6.59.